The lowest BCUT2D eigenvalue weighted by molar-refractivity contribution is -0.116. The van der Waals surface area contributed by atoms with E-state index in [9.17, 15) is 14.4 Å². The summed E-state index contributed by atoms with van der Waals surface area (Å²) in [6.45, 7) is 1.65. The second-order valence-corrected chi connectivity index (χ2v) is 5.88. The maximum atomic E-state index is 12.3. The summed E-state index contributed by atoms with van der Waals surface area (Å²) in [6, 6.07) is 11.9. The van der Waals surface area contributed by atoms with Crippen molar-refractivity contribution in [2.45, 2.75) is 13.3 Å². The number of halogens is 1. The molecule has 122 valence electrons. The summed E-state index contributed by atoms with van der Waals surface area (Å²) >= 11 is 5.87. The molecule has 0 aliphatic carbocycles. The number of hydrogen-bond donors (Lipinski definition) is 1. The molecule has 0 saturated heterocycles. The van der Waals surface area contributed by atoms with E-state index in [1.54, 1.807) is 12.1 Å². The predicted molar refractivity (Wildman–Crippen MR) is 91.3 cm³/mol. The molecule has 0 bridgehead atoms. The van der Waals surface area contributed by atoms with E-state index < -0.39 is 17.7 Å². The van der Waals surface area contributed by atoms with Crippen LogP contribution in [0.2, 0.25) is 5.02 Å². The summed E-state index contributed by atoms with van der Waals surface area (Å²) in [4.78, 5) is 37.8. The van der Waals surface area contributed by atoms with Crippen LogP contribution in [-0.2, 0) is 11.2 Å². The van der Waals surface area contributed by atoms with E-state index in [0.717, 1.165) is 16.9 Å². The lowest BCUT2D eigenvalue weighted by Gasteiger charge is -2.15. The van der Waals surface area contributed by atoms with Gasteiger partial charge in [0.05, 0.1) is 11.1 Å². The Labute approximate surface area is 144 Å². The van der Waals surface area contributed by atoms with Crippen molar-refractivity contribution in [3.8, 4) is 0 Å². The molecule has 0 unspecified atom stereocenters. The zero-order valence-electron chi connectivity index (χ0n) is 13.0. The molecule has 0 spiro atoms. The molecule has 3 amide bonds. The van der Waals surface area contributed by atoms with Crippen LogP contribution in [0.1, 0.15) is 33.2 Å². The van der Waals surface area contributed by atoms with E-state index >= 15 is 0 Å². The monoisotopic (exact) mass is 342 g/mol. The number of benzene rings is 2. The standard InChI is InChI=1S/C18H15ClN2O3/c1-2-11-5-3-4-6-15(11)20-16(22)10-21-17(23)13-8-7-12(19)9-14(13)18(21)24/h3-9H,2,10H2,1H3,(H,20,22). The van der Waals surface area contributed by atoms with Gasteiger partial charge in [0.1, 0.15) is 6.54 Å². The number of hydrogen-bond acceptors (Lipinski definition) is 3. The quantitative estimate of drug-likeness (QED) is 0.868. The average molecular weight is 343 g/mol. The molecule has 6 heteroatoms. The number of anilines is 1. The zero-order chi connectivity index (χ0) is 17.3. The largest absolute Gasteiger partial charge is 0.324 e. The molecular formula is C18H15ClN2O3. The third-order valence-electron chi connectivity index (χ3n) is 3.91. The van der Waals surface area contributed by atoms with Crippen molar-refractivity contribution in [1.29, 1.82) is 0 Å². The Hall–Kier alpha value is -2.66. The lowest BCUT2D eigenvalue weighted by Crippen LogP contribution is -2.37. The van der Waals surface area contributed by atoms with Gasteiger partial charge >= 0.3 is 0 Å². The second kappa shape index (κ2) is 6.45. The van der Waals surface area contributed by atoms with Crippen molar-refractivity contribution in [1.82, 2.24) is 4.90 Å². The first-order valence-electron chi connectivity index (χ1n) is 7.54. The van der Waals surface area contributed by atoms with E-state index in [0.29, 0.717) is 10.7 Å². The molecule has 0 atom stereocenters. The van der Waals surface area contributed by atoms with Gasteiger partial charge in [-0.15, -0.1) is 0 Å². The summed E-state index contributed by atoms with van der Waals surface area (Å²) in [7, 11) is 0. The topological polar surface area (TPSA) is 66.5 Å². The Bertz CT molecular complexity index is 848. The van der Waals surface area contributed by atoms with Gasteiger partial charge in [-0.05, 0) is 36.2 Å². The number of para-hydroxylation sites is 1. The first kappa shape index (κ1) is 16.2. The van der Waals surface area contributed by atoms with Gasteiger partial charge in [-0.2, -0.15) is 0 Å². The van der Waals surface area contributed by atoms with Crippen molar-refractivity contribution >= 4 is 35.0 Å². The van der Waals surface area contributed by atoms with E-state index in [1.807, 2.05) is 25.1 Å². The molecule has 1 N–H and O–H groups in total. The number of imide groups is 1. The predicted octanol–water partition coefficient (Wildman–Crippen LogP) is 3.14. The number of fused-ring (bicyclic) bond motifs is 1. The molecule has 3 rings (SSSR count). The molecule has 5 nitrogen and oxygen atoms in total. The molecule has 24 heavy (non-hydrogen) atoms. The first-order chi connectivity index (χ1) is 11.5. The van der Waals surface area contributed by atoms with Gasteiger partial charge in [0.15, 0.2) is 0 Å². The number of nitrogens with zero attached hydrogens (tertiary/aromatic N) is 1. The van der Waals surface area contributed by atoms with Crippen LogP contribution in [0.4, 0.5) is 5.69 Å². The van der Waals surface area contributed by atoms with E-state index in [2.05, 4.69) is 5.32 Å². The summed E-state index contributed by atoms with van der Waals surface area (Å²) in [5.41, 5.74) is 2.17. The van der Waals surface area contributed by atoms with Gasteiger partial charge < -0.3 is 5.32 Å². The Balaban J connectivity index is 1.76. The fourth-order valence-corrected chi connectivity index (χ4v) is 2.86. The number of rotatable bonds is 4. The van der Waals surface area contributed by atoms with Crippen LogP contribution >= 0.6 is 11.6 Å². The van der Waals surface area contributed by atoms with Crippen LogP contribution in [-0.4, -0.2) is 29.2 Å². The van der Waals surface area contributed by atoms with Crippen LogP contribution in [0.15, 0.2) is 42.5 Å². The third kappa shape index (κ3) is 2.90. The fraction of sp³-hybridized carbons (Fsp3) is 0.167. The molecular weight excluding hydrogens is 328 g/mol. The highest BCUT2D eigenvalue weighted by molar-refractivity contribution is 6.32. The van der Waals surface area contributed by atoms with Gasteiger partial charge in [0.2, 0.25) is 5.91 Å². The molecule has 1 heterocycles. The summed E-state index contributed by atoms with van der Waals surface area (Å²) < 4.78 is 0. The molecule has 0 aromatic heterocycles. The van der Waals surface area contributed by atoms with E-state index in [1.165, 1.54) is 12.1 Å². The molecule has 2 aromatic rings. The smallest absolute Gasteiger partial charge is 0.262 e. The van der Waals surface area contributed by atoms with Crippen LogP contribution in [0.25, 0.3) is 0 Å². The normalized spacial score (nSPS) is 13.2. The second-order valence-electron chi connectivity index (χ2n) is 5.45. The zero-order valence-corrected chi connectivity index (χ0v) is 13.8. The fourth-order valence-electron chi connectivity index (χ4n) is 2.69. The Morgan fingerprint density at radius 1 is 1.08 bits per heavy atom. The summed E-state index contributed by atoms with van der Waals surface area (Å²) in [5.74, 6) is -1.40. The minimum Gasteiger partial charge on any atom is -0.324 e. The molecule has 1 aliphatic heterocycles. The van der Waals surface area contributed by atoms with Crippen molar-refractivity contribution in [2.75, 3.05) is 11.9 Å². The first-order valence-corrected chi connectivity index (χ1v) is 7.92. The maximum Gasteiger partial charge on any atom is 0.262 e. The molecule has 0 fully saturated rings. The maximum absolute atomic E-state index is 12.3. The molecule has 1 aliphatic rings. The van der Waals surface area contributed by atoms with Gasteiger partial charge in [0.25, 0.3) is 11.8 Å². The Kier molecular flexibility index (Phi) is 4.36. The highest BCUT2D eigenvalue weighted by atomic mass is 35.5. The minimum absolute atomic E-state index is 0.231. The van der Waals surface area contributed by atoms with Crippen molar-refractivity contribution in [3.05, 3.63) is 64.2 Å². The summed E-state index contributed by atoms with van der Waals surface area (Å²) in [6.07, 6.45) is 0.766. The van der Waals surface area contributed by atoms with Crippen LogP contribution in [0.3, 0.4) is 0 Å². The minimum atomic E-state index is -0.503. The number of carbonyl (C=O) groups excluding carboxylic acids is 3. The van der Waals surface area contributed by atoms with Crippen LogP contribution in [0.5, 0.6) is 0 Å². The number of nitrogens with one attached hydrogen (secondary N) is 1. The van der Waals surface area contributed by atoms with E-state index in [4.69, 9.17) is 11.6 Å². The Morgan fingerprint density at radius 2 is 1.79 bits per heavy atom. The average Bonchev–Trinajstić information content (AvgIpc) is 2.80. The highest BCUT2D eigenvalue weighted by Gasteiger charge is 2.36. The molecule has 2 aromatic carbocycles. The van der Waals surface area contributed by atoms with E-state index in [-0.39, 0.29) is 17.7 Å². The molecule has 0 saturated carbocycles. The van der Waals surface area contributed by atoms with Gasteiger partial charge in [0, 0.05) is 10.7 Å². The Morgan fingerprint density at radius 3 is 2.54 bits per heavy atom. The van der Waals surface area contributed by atoms with Crippen LogP contribution < -0.4 is 5.32 Å². The van der Waals surface area contributed by atoms with Crippen LogP contribution in [0, 0.1) is 0 Å². The number of amides is 3. The van der Waals surface area contributed by atoms with Gasteiger partial charge in [-0.3, -0.25) is 19.3 Å². The number of carbonyl (C=O) groups is 3. The third-order valence-corrected chi connectivity index (χ3v) is 4.14. The van der Waals surface area contributed by atoms with Crippen molar-refractivity contribution < 1.29 is 14.4 Å². The molecule has 0 radical (unpaired) electrons. The summed E-state index contributed by atoms with van der Waals surface area (Å²) in [5, 5.41) is 3.13. The van der Waals surface area contributed by atoms with Crippen molar-refractivity contribution in [2.24, 2.45) is 0 Å². The van der Waals surface area contributed by atoms with Gasteiger partial charge in [-0.25, -0.2) is 0 Å². The lowest BCUT2D eigenvalue weighted by atomic mass is 10.1. The SMILES string of the molecule is CCc1ccccc1NC(=O)CN1C(=O)c2ccc(Cl)cc2C1=O. The highest BCUT2D eigenvalue weighted by Crippen LogP contribution is 2.25. The number of aryl methyl sites for hydroxylation is 1. The van der Waals surface area contributed by atoms with Crippen molar-refractivity contribution in [3.63, 3.8) is 0 Å². The van der Waals surface area contributed by atoms with Gasteiger partial charge in [-0.1, -0.05) is 36.7 Å².